The second kappa shape index (κ2) is 7.09. The van der Waals surface area contributed by atoms with Gasteiger partial charge in [0.25, 0.3) is 0 Å². The van der Waals surface area contributed by atoms with Crippen molar-refractivity contribution < 1.29 is 29.3 Å². The minimum atomic E-state index is -1.94. The second-order valence-corrected chi connectivity index (χ2v) is 7.35. The Bertz CT molecular complexity index is 432. The van der Waals surface area contributed by atoms with Crippen molar-refractivity contribution in [1.29, 1.82) is 0 Å². The van der Waals surface area contributed by atoms with Crippen molar-refractivity contribution in [3.8, 4) is 0 Å². The highest BCUT2D eigenvalue weighted by atomic mass is 16.6. The molecule has 0 saturated heterocycles. The number of Topliss-reactive ketones (excluding diaryl/α,β-unsaturated/α-hetero) is 1. The SMILES string of the molecule is CC(C)(C)OC(=O)N[C@](CO)(CCC(=O)C(C)(C)C)C(=O)O. The first kappa shape index (κ1) is 20.4. The van der Waals surface area contributed by atoms with Crippen LogP contribution in [-0.2, 0) is 14.3 Å². The summed E-state index contributed by atoms with van der Waals surface area (Å²) >= 11 is 0. The Labute approximate surface area is 131 Å². The van der Waals surface area contributed by atoms with Crippen molar-refractivity contribution >= 4 is 17.8 Å². The van der Waals surface area contributed by atoms with Gasteiger partial charge in [0.1, 0.15) is 11.4 Å². The van der Waals surface area contributed by atoms with E-state index in [1.54, 1.807) is 41.5 Å². The van der Waals surface area contributed by atoms with Gasteiger partial charge in [-0.2, -0.15) is 0 Å². The fourth-order valence-electron chi connectivity index (χ4n) is 1.61. The highest BCUT2D eigenvalue weighted by Crippen LogP contribution is 2.22. The van der Waals surface area contributed by atoms with Crippen LogP contribution in [0, 0.1) is 5.41 Å². The monoisotopic (exact) mass is 317 g/mol. The van der Waals surface area contributed by atoms with Crippen LogP contribution in [0.15, 0.2) is 0 Å². The topological polar surface area (TPSA) is 113 Å². The van der Waals surface area contributed by atoms with Crippen LogP contribution in [0.3, 0.4) is 0 Å². The van der Waals surface area contributed by atoms with Gasteiger partial charge in [-0.1, -0.05) is 20.8 Å². The van der Waals surface area contributed by atoms with Gasteiger partial charge in [-0.3, -0.25) is 4.79 Å². The van der Waals surface area contributed by atoms with Gasteiger partial charge in [-0.05, 0) is 27.2 Å². The molecule has 3 N–H and O–H groups in total. The van der Waals surface area contributed by atoms with E-state index in [9.17, 15) is 24.6 Å². The van der Waals surface area contributed by atoms with Gasteiger partial charge in [-0.15, -0.1) is 0 Å². The first-order chi connectivity index (χ1) is 9.73. The summed E-state index contributed by atoms with van der Waals surface area (Å²) in [6, 6.07) is 0. The molecule has 0 fully saturated rings. The average molecular weight is 317 g/mol. The Kier molecular flexibility index (Phi) is 6.56. The molecule has 1 atom stereocenters. The molecular weight excluding hydrogens is 290 g/mol. The van der Waals surface area contributed by atoms with Crippen LogP contribution < -0.4 is 5.32 Å². The van der Waals surface area contributed by atoms with Crippen LogP contribution in [0.5, 0.6) is 0 Å². The maximum atomic E-state index is 11.9. The van der Waals surface area contributed by atoms with Crippen LogP contribution in [0.1, 0.15) is 54.4 Å². The third kappa shape index (κ3) is 6.43. The van der Waals surface area contributed by atoms with E-state index in [1.165, 1.54) is 0 Å². The number of carbonyl (C=O) groups excluding carboxylic acids is 2. The molecular formula is C15H27NO6. The van der Waals surface area contributed by atoms with Crippen molar-refractivity contribution in [2.75, 3.05) is 6.61 Å². The first-order valence-corrected chi connectivity index (χ1v) is 7.12. The van der Waals surface area contributed by atoms with E-state index < -0.39 is 35.2 Å². The van der Waals surface area contributed by atoms with Gasteiger partial charge in [0.2, 0.25) is 0 Å². The zero-order chi connectivity index (χ0) is 17.8. The Hall–Kier alpha value is -1.63. The molecule has 0 unspecified atom stereocenters. The van der Waals surface area contributed by atoms with E-state index in [0.717, 1.165) is 0 Å². The number of nitrogens with one attached hydrogen (secondary N) is 1. The average Bonchev–Trinajstić information content (AvgIpc) is 2.30. The maximum absolute atomic E-state index is 11.9. The lowest BCUT2D eigenvalue weighted by atomic mass is 9.84. The summed E-state index contributed by atoms with van der Waals surface area (Å²) in [6.45, 7) is 9.23. The molecule has 0 aromatic heterocycles. The number of aliphatic hydroxyl groups is 1. The third-order valence-corrected chi connectivity index (χ3v) is 3.03. The van der Waals surface area contributed by atoms with Gasteiger partial charge in [-0.25, -0.2) is 9.59 Å². The third-order valence-electron chi connectivity index (χ3n) is 3.03. The number of rotatable bonds is 6. The molecule has 22 heavy (non-hydrogen) atoms. The molecule has 7 heteroatoms. The number of carboxylic acids is 1. The van der Waals surface area contributed by atoms with Gasteiger partial charge < -0.3 is 20.3 Å². The molecule has 0 saturated carbocycles. The van der Waals surface area contributed by atoms with E-state index in [1.807, 2.05) is 0 Å². The molecule has 128 valence electrons. The molecule has 0 heterocycles. The quantitative estimate of drug-likeness (QED) is 0.687. The number of amides is 1. The number of alkyl carbamates (subject to hydrolysis) is 1. The van der Waals surface area contributed by atoms with Crippen LogP contribution in [-0.4, -0.2) is 45.8 Å². The number of carboxylic acid groups (broad SMARTS) is 1. The van der Waals surface area contributed by atoms with Crippen LogP contribution in [0.25, 0.3) is 0 Å². The summed E-state index contributed by atoms with van der Waals surface area (Å²) in [5.41, 5.74) is -3.36. The fraction of sp³-hybridized carbons (Fsp3) is 0.800. The molecule has 0 aliphatic carbocycles. The fourth-order valence-corrected chi connectivity index (χ4v) is 1.61. The summed E-state index contributed by atoms with van der Waals surface area (Å²) in [7, 11) is 0. The minimum Gasteiger partial charge on any atom is -0.479 e. The minimum absolute atomic E-state index is 0.0772. The predicted octanol–water partition coefficient (Wildman–Crippen LogP) is 1.72. The van der Waals surface area contributed by atoms with Crippen molar-refractivity contribution in [3.05, 3.63) is 0 Å². The summed E-state index contributed by atoms with van der Waals surface area (Å²) in [5, 5.41) is 21.0. The van der Waals surface area contributed by atoms with Crippen molar-refractivity contribution in [2.24, 2.45) is 5.41 Å². The molecule has 0 aromatic carbocycles. The highest BCUT2D eigenvalue weighted by Gasteiger charge is 2.41. The summed E-state index contributed by atoms with van der Waals surface area (Å²) in [6.07, 6.45) is -1.24. The number of ketones is 1. The van der Waals surface area contributed by atoms with E-state index in [0.29, 0.717) is 0 Å². The maximum Gasteiger partial charge on any atom is 0.408 e. The zero-order valence-corrected chi connectivity index (χ0v) is 14.1. The van der Waals surface area contributed by atoms with Crippen molar-refractivity contribution in [1.82, 2.24) is 5.32 Å². The number of hydrogen-bond acceptors (Lipinski definition) is 5. The molecule has 0 aliphatic rings. The molecule has 0 aromatic rings. The lowest BCUT2D eigenvalue weighted by molar-refractivity contribution is -0.147. The predicted molar refractivity (Wildman–Crippen MR) is 80.5 cm³/mol. The summed E-state index contributed by atoms with van der Waals surface area (Å²) < 4.78 is 5.01. The number of carbonyl (C=O) groups is 3. The highest BCUT2D eigenvalue weighted by molar-refractivity contribution is 5.87. The van der Waals surface area contributed by atoms with Gasteiger partial charge in [0.15, 0.2) is 5.54 Å². The molecule has 0 radical (unpaired) electrons. The zero-order valence-electron chi connectivity index (χ0n) is 14.1. The number of ether oxygens (including phenoxy) is 1. The van der Waals surface area contributed by atoms with E-state index in [4.69, 9.17) is 4.74 Å². The van der Waals surface area contributed by atoms with Gasteiger partial charge in [0, 0.05) is 11.8 Å². The number of aliphatic hydroxyl groups excluding tert-OH is 1. The molecule has 0 spiro atoms. The van der Waals surface area contributed by atoms with Crippen LogP contribution in [0.2, 0.25) is 0 Å². The molecule has 0 aliphatic heterocycles. The largest absolute Gasteiger partial charge is 0.479 e. The summed E-state index contributed by atoms with van der Waals surface area (Å²) in [5.74, 6) is -1.57. The van der Waals surface area contributed by atoms with Gasteiger partial charge >= 0.3 is 12.1 Å². The van der Waals surface area contributed by atoms with Crippen molar-refractivity contribution in [3.63, 3.8) is 0 Å². The van der Waals surface area contributed by atoms with Crippen LogP contribution >= 0.6 is 0 Å². The smallest absolute Gasteiger partial charge is 0.408 e. The lowest BCUT2D eigenvalue weighted by Crippen LogP contribution is -2.58. The lowest BCUT2D eigenvalue weighted by Gasteiger charge is -2.30. The molecule has 7 nitrogen and oxygen atoms in total. The Morgan fingerprint density at radius 3 is 1.86 bits per heavy atom. The first-order valence-electron chi connectivity index (χ1n) is 7.12. The number of hydrogen-bond donors (Lipinski definition) is 3. The molecule has 1 amide bonds. The van der Waals surface area contributed by atoms with Crippen LogP contribution in [0.4, 0.5) is 4.79 Å². The Morgan fingerprint density at radius 2 is 1.55 bits per heavy atom. The Morgan fingerprint density at radius 1 is 1.05 bits per heavy atom. The second-order valence-electron chi connectivity index (χ2n) is 7.35. The standard InChI is InChI=1S/C15H27NO6/c1-13(2,3)10(18)7-8-15(9-17,11(19)20)16-12(21)22-14(4,5)6/h17H,7-9H2,1-6H3,(H,16,21)(H,19,20)/t15-/m0/s1. The summed E-state index contributed by atoms with van der Waals surface area (Å²) in [4.78, 5) is 35.2. The van der Waals surface area contributed by atoms with E-state index in [-0.39, 0.29) is 18.6 Å². The Balaban J connectivity index is 5.06. The van der Waals surface area contributed by atoms with Gasteiger partial charge in [0.05, 0.1) is 6.61 Å². The molecule has 0 bridgehead atoms. The molecule has 0 rings (SSSR count). The van der Waals surface area contributed by atoms with E-state index in [2.05, 4.69) is 5.32 Å². The normalized spacial score (nSPS) is 14.9. The van der Waals surface area contributed by atoms with Crippen molar-refractivity contribution in [2.45, 2.75) is 65.5 Å². The van der Waals surface area contributed by atoms with E-state index >= 15 is 0 Å². The number of aliphatic carboxylic acids is 1.